The summed E-state index contributed by atoms with van der Waals surface area (Å²) in [5, 5.41) is 20.7. The molecule has 61 heavy (non-hydrogen) atoms. The van der Waals surface area contributed by atoms with Gasteiger partial charge >= 0.3 is 0 Å². The standard InChI is InChI=1S/C16H11Cl2N7OS.C13H11ClN4O3S2.C5H6ClN3.2CH4/c1-7-4-3-5-9(17)12(7)25-15(26)13-14(23-24-25)22-16(27-13)21-11-6-10(18)19-8(2)20-11;1-3-23(20,21)13-15-11-10(22-13)12(19)18(17-16-11)9-7(2)5-4-6-8(9)14;1-3-8-4(6)2-5(7)9-3;;/h3-6H,1-2H3,(H,19,20,21,22);4-6H,3H2,1-2H3;2H,1H3,(H2,7,8,9);2*1H4. The minimum Gasteiger partial charge on any atom is -0.384 e. The van der Waals surface area contributed by atoms with Crippen LogP contribution in [-0.2, 0) is 9.84 Å². The summed E-state index contributed by atoms with van der Waals surface area (Å²) in [6.45, 7) is 8.62. The monoisotopic (exact) mass is 964 g/mol. The molecule has 0 saturated carbocycles. The summed E-state index contributed by atoms with van der Waals surface area (Å²) in [7, 11) is -3.51. The zero-order chi connectivity index (χ0) is 42.8. The van der Waals surface area contributed by atoms with Crippen LogP contribution in [0.4, 0.5) is 16.8 Å². The van der Waals surface area contributed by atoms with Crippen LogP contribution in [0.5, 0.6) is 0 Å². The van der Waals surface area contributed by atoms with Crippen LogP contribution < -0.4 is 22.2 Å². The van der Waals surface area contributed by atoms with Crippen molar-refractivity contribution < 1.29 is 8.42 Å². The number of rotatable bonds is 6. The van der Waals surface area contributed by atoms with Crippen molar-refractivity contribution in [2.75, 3.05) is 16.8 Å². The highest BCUT2D eigenvalue weighted by Gasteiger charge is 2.22. The topological polar surface area (TPSA) is 245 Å². The highest BCUT2D eigenvalue weighted by Crippen LogP contribution is 2.28. The number of nitrogens with one attached hydrogen (secondary N) is 1. The first kappa shape index (κ1) is 48.4. The normalized spacial score (nSPS) is 10.8. The van der Waals surface area contributed by atoms with E-state index < -0.39 is 15.4 Å². The second-order valence-electron chi connectivity index (χ2n) is 12.0. The zero-order valence-corrected chi connectivity index (χ0v) is 36.6. The second kappa shape index (κ2) is 20.1. The molecule has 2 aromatic carbocycles. The van der Waals surface area contributed by atoms with Crippen molar-refractivity contribution in [1.82, 2.24) is 59.9 Å². The smallest absolute Gasteiger partial charge is 0.294 e. The van der Waals surface area contributed by atoms with E-state index in [-0.39, 0.29) is 46.5 Å². The first-order valence-electron chi connectivity index (χ1n) is 16.8. The minimum atomic E-state index is -3.51. The molecule has 25 heteroatoms. The number of aromatic nitrogens is 12. The van der Waals surface area contributed by atoms with Crippen molar-refractivity contribution in [1.29, 1.82) is 0 Å². The van der Waals surface area contributed by atoms with E-state index in [9.17, 15) is 18.0 Å². The Balaban J connectivity index is 0.000000219. The number of hydrogen-bond donors (Lipinski definition) is 2. The van der Waals surface area contributed by atoms with Gasteiger partial charge in [0.05, 0.1) is 27.2 Å². The summed E-state index contributed by atoms with van der Waals surface area (Å²) in [5.74, 6) is 1.90. The number of fused-ring (bicyclic) bond motifs is 2. The van der Waals surface area contributed by atoms with Gasteiger partial charge in [-0.15, -0.1) is 10.2 Å². The average molecular weight is 967 g/mol. The van der Waals surface area contributed by atoms with Crippen LogP contribution in [0.2, 0.25) is 20.4 Å². The summed E-state index contributed by atoms with van der Waals surface area (Å²) in [6.07, 6.45) is 0. The maximum atomic E-state index is 12.9. The molecule has 6 heterocycles. The highest BCUT2D eigenvalue weighted by atomic mass is 35.5. The molecule has 8 rings (SSSR count). The minimum absolute atomic E-state index is 0. The second-order valence-corrected chi connectivity index (χ2v) is 18.1. The van der Waals surface area contributed by atoms with Crippen molar-refractivity contribution in [3.05, 3.63) is 112 Å². The fraction of sp³-hybridized carbons (Fsp3) is 0.222. The van der Waals surface area contributed by atoms with E-state index in [1.807, 2.05) is 19.1 Å². The third-order valence-electron chi connectivity index (χ3n) is 7.74. The number of thiazole rings is 2. The lowest BCUT2D eigenvalue weighted by Gasteiger charge is -2.08. The summed E-state index contributed by atoms with van der Waals surface area (Å²) >= 11 is 25.8. The number of nitrogen functional groups attached to an aromatic ring is 1. The van der Waals surface area contributed by atoms with Gasteiger partial charge in [0.25, 0.3) is 11.1 Å². The molecule has 3 N–H and O–H groups in total. The maximum Gasteiger partial charge on any atom is 0.294 e. The van der Waals surface area contributed by atoms with Gasteiger partial charge in [-0.3, -0.25) is 9.59 Å². The van der Waals surface area contributed by atoms with Gasteiger partial charge in [0, 0.05) is 12.1 Å². The van der Waals surface area contributed by atoms with Crippen molar-refractivity contribution in [3.63, 3.8) is 0 Å². The molecule has 0 saturated heterocycles. The third kappa shape index (κ3) is 11.0. The van der Waals surface area contributed by atoms with Crippen LogP contribution in [0.25, 0.3) is 32.1 Å². The highest BCUT2D eigenvalue weighted by molar-refractivity contribution is 7.93. The number of nitrogens with zero attached hydrogens (tertiary/aromatic N) is 12. The molecule has 0 bridgehead atoms. The van der Waals surface area contributed by atoms with Gasteiger partial charge in [-0.2, -0.15) is 14.3 Å². The lowest BCUT2D eigenvalue weighted by Crippen LogP contribution is -2.22. The Bertz CT molecular complexity index is 3010. The Hall–Kier alpha value is -5.29. The number of anilines is 3. The molecule has 0 atom stereocenters. The van der Waals surface area contributed by atoms with Gasteiger partial charge in [-0.05, 0) is 51.0 Å². The maximum absolute atomic E-state index is 12.9. The summed E-state index contributed by atoms with van der Waals surface area (Å²) < 4.78 is 26.4. The third-order valence-corrected chi connectivity index (χ3v) is 12.9. The molecule has 18 nitrogen and oxygen atoms in total. The summed E-state index contributed by atoms with van der Waals surface area (Å²) in [5.41, 5.74) is 7.22. The molecule has 0 amide bonds. The quantitative estimate of drug-likeness (QED) is 0.150. The Morgan fingerprint density at radius 1 is 0.689 bits per heavy atom. The van der Waals surface area contributed by atoms with Gasteiger partial charge in [0.15, 0.2) is 5.13 Å². The van der Waals surface area contributed by atoms with Crippen molar-refractivity contribution in [2.45, 2.75) is 53.8 Å². The van der Waals surface area contributed by atoms with E-state index in [2.05, 4.69) is 55.8 Å². The SMILES string of the molecule is C.C.CCS(=O)(=O)c1nc2nnn(-c3c(C)cccc3Cl)c(=O)c2s1.Cc1nc(Cl)cc(Nc2nc3nnn(-c4c(C)cccc4Cl)c(=O)c3s2)n1.Cc1nc(N)cc(Cl)n1. The molecule has 6 aromatic heterocycles. The van der Waals surface area contributed by atoms with Crippen LogP contribution in [-0.4, -0.2) is 74.1 Å². The molecule has 320 valence electrons. The molecule has 0 aliphatic carbocycles. The fourth-order valence-corrected chi connectivity index (χ4v) is 9.25. The average Bonchev–Trinajstić information content (AvgIpc) is 3.79. The van der Waals surface area contributed by atoms with E-state index in [1.54, 1.807) is 51.1 Å². The number of benzene rings is 2. The zero-order valence-electron chi connectivity index (χ0n) is 31.1. The van der Waals surface area contributed by atoms with Gasteiger partial charge < -0.3 is 11.1 Å². The number of halogens is 4. The van der Waals surface area contributed by atoms with Crippen LogP contribution in [0.3, 0.4) is 0 Å². The number of hydrogen-bond acceptors (Lipinski definition) is 18. The van der Waals surface area contributed by atoms with E-state index in [0.29, 0.717) is 64.8 Å². The van der Waals surface area contributed by atoms with Crippen LogP contribution >= 0.6 is 69.1 Å². The van der Waals surface area contributed by atoms with Crippen molar-refractivity contribution in [3.8, 4) is 11.4 Å². The van der Waals surface area contributed by atoms with Gasteiger partial charge in [0.2, 0.25) is 25.5 Å². The van der Waals surface area contributed by atoms with Crippen LogP contribution in [0.15, 0.2) is 62.5 Å². The lowest BCUT2D eigenvalue weighted by molar-refractivity contribution is 0.596. The molecule has 8 aromatic rings. The molecule has 0 unspecified atom stereocenters. The Morgan fingerprint density at radius 3 is 1.66 bits per heavy atom. The van der Waals surface area contributed by atoms with Gasteiger partial charge in [-0.1, -0.05) is 126 Å². The van der Waals surface area contributed by atoms with E-state index in [4.69, 9.17) is 52.1 Å². The largest absolute Gasteiger partial charge is 0.384 e. The summed E-state index contributed by atoms with van der Waals surface area (Å²) in [4.78, 5) is 49.6. The molecular formula is C36H36Cl4N14O4S3. The Labute approximate surface area is 376 Å². The van der Waals surface area contributed by atoms with E-state index >= 15 is 0 Å². The number of sulfone groups is 1. The van der Waals surface area contributed by atoms with E-state index in [1.165, 1.54) is 17.7 Å². The van der Waals surface area contributed by atoms with Gasteiger partial charge in [-0.25, -0.2) is 33.3 Å². The van der Waals surface area contributed by atoms with Crippen molar-refractivity contribution in [2.24, 2.45) is 0 Å². The number of para-hydroxylation sites is 2. The first-order chi connectivity index (χ1) is 27.9. The molecular weight excluding hydrogens is 931 g/mol. The lowest BCUT2D eigenvalue weighted by atomic mass is 10.2. The predicted octanol–water partition coefficient (Wildman–Crippen LogP) is 7.98. The molecule has 0 spiro atoms. The summed E-state index contributed by atoms with van der Waals surface area (Å²) in [6, 6.07) is 13.6. The molecule has 0 fully saturated rings. The molecule has 0 radical (unpaired) electrons. The number of nitrogens with two attached hydrogens (primary N) is 1. The van der Waals surface area contributed by atoms with Crippen LogP contribution in [0.1, 0.15) is 44.6 Å². The fourth-order valence-electron chi connectivity index (χ4n) is 5.11. The first-order valence-corrected chi connectivity index (χ1v) is 21.6. The molecule has 0 aliphatic heterocycles. The van der Waals surface area contributed by atoms with Crippen LogP contribution in [0, 0.1) is 27.7 Å². The van der Waals surface area contributed by atoms with Crippen molar-refractivity contribution >= 4 is 116 Å². The van der Waals surface area contributed by atoms with Gasteiger partial charge in [0.1, 0.15) is 43.0 Å². The predicted molar refractivity (Wildman–Crippen MR) is 244 cm³/mol. The van der Waals surface area contributed by atoms with E-state index in [0.717, 1.165) is 38.5 Å². The Morgan fingerprint density at radius 2 is 1.18 bits per heavy atom. The molecule has 0 aliphatic rings. The Kier molecular flexibility index (Phi) is 15.9. The number of aryl methyl sites for hydroxylation is 4.